The maximum atomic E-state index is 14.4. The summed E-state index contributed by atoms with van der Waals surface area (Å²) in [4.78, 5) is 17.2. The first-order valence-corrected chi connectivity index (χ1v) is 10.4. The van der Waals surface area contributed by atoms with Crippen molar-refractivity contribution in [3.05, 3.63) is 75.9 Å². The fourth-order valence-electron chi connectivity index (χ4n) is 3.33. The predicted molar refractivity (Wildman–Crippen MR) is 109 cm³/mol. The van der Waals surface area contributed by atoms with Crippen LogP contribution in [0.2, 0.25) is 0 Å². The van der Waals surface area contributed by atoms with E-state index < -0.39 is 15.8 Å². The van der Waals surface area contributed by atoms with E-state index in [0.29, 0.717) is 16.7 Å². The van der Waals surface area contributed by atoms with Crippen LogP contribution in [0.3, 0.4) is 0 Å². The number of hydrogen-bond acceptors (Lipinski definition) is 6. The lowest BCUT2D eigenvalue weighted by atomic mass is 10.2. The number of nitrogens with zero attached hydrogens (tertiary/aromatic N) is 3. The van der Waals surface area contributed by atoms with E-state index in [2.05, 4.69) is 14.9 Å². The number of nitrogens with one attached hydrogen (secondary N) is 1. The molecule has 2 aromatic heterocycles. The van der Waals surface area contributed by atoms with Gasteiger partial charge in [0.25, 0.3) is 15.6 Å². The molecular formula is C20H17FN4O4S. The first-order valence-electron chi connectivity index (χ1n) is 8.93. The number of rotatable bonds is 4. The molecule has 0 aliphatic heterocycles. The summed E-state index contributed by atoms with van der Waals surface area (Å²) >= 11 is 0. The van der Waals surface area contributed by atoms with Crippen molar-refractivity contribution in [1.29, 1.82) is 0 Å². The van der Waals surface area contributed by atoms with Crippen molar-refractivity contribution in [3.63, 3.8) is 0 Å². The average Bonchev–Trinajstić information content (AvgIpc) is 3.03. The van der Waals surface area contributed by atoms with Crippen LogP contribution in [0.4, 0.5) is 10.1 Å². The Bertz CT molecular complexity index is 1440. The van der Waals surface area contributed by atoms with E-state index in [-0.39, 0.29) is 33.3 Å². The van der Waals surface area contributed by atoms with Gasteiger partial charge in [0, 0.05) is 0 Å². The van der Waals surface area contributed by atoms with E-state index in [1.54, 1.807) is 31.2 Å². The summed E-state index contributed by atoms with van der Waals surface area (Å²) in [5.74, 6) is -0.333. The molecule has 0 spiro atoms. The zero-order valence-electron chi connectivity index (χ0n) is 16.3. The van der Waals surface area contributed by atoms with Gasteiger partial charge in [-0.3, -0.25) is 14.1 Å². The van der Waals surface area contributed by atoms with E-state index in [1.807, 2.05) is 0 Å². The summed E-state index contributed by atoms with van der Waals surface area (Å²) in [6.07, 6.45) is 0. The van der Waals surface area contributed by atoms with Crippen LogP contribution in [0.1, 0.15) is 17.3 Å². The molecule has 30 heavy (non-hydrogen) atoms. The number of aryl methyl sites for hydroxylation is 3. The number of aromatic nitrogens is 3. The summed E-state index contributed by atoms with van der Waals surface area (Å²) in [6, 6.07) is 10.6. The molecule has 0 radical (unpaired) electrons. The smallest absolute Gasteiger partial charge is 0.267 e. The number of para-hydroxylation sites is 1. The Morgan fingerprint density at radius 2 is 1.83 bits per heavy atom. The number of benzene rings is 2. The first kappa shape index (κ1) is 19.8. The van der Waals surface area contributed by atoms with Crippen LogP contribution in [-0.4, -0.2) is 23.1 Å². The molecule has 154 valence electrons. The van der Waals surface area contributed by atoms with Crippen LogP contribution < -0.4 is 10.3 Å². The average molecular weight is 428 g/mol. The van der Waals surface area contributed by atoms with Crippen LogP contribution in [0, 0.1) is 26.6 Å². The van der Waals surface area contributed by atoms with Gasteiger partial charge in [0.1, 0.15) is 17.3 Å². The second-order valence-electron chi connectivity index (χ2n) is 6.74. The van der Waals surface area contributed by atoms with Gasteiger partial charge in [-0.1, -0.05) is 17.3 Å². The van der Waals surface area contributed by atoms with Gasteiger partial charge in [-0.15, -0.1) is 0 Å². The first-order chi connectivity index (χ1) is 14.2. The Kier molecular flexibility index (Phi) is 4.65. The Labute approximate surface area is 171 Å². The van der Waals surface area contributed by atoms with Crippen molar-refractivity contribution in [2.75, 3.05) is 4.72 Å². The van der Waals surface area contributed by atoms with Gasteiger partial charge in [0.2, 0.25) is 0 Å². The third kappa shape index (κ3) is 3.24. The maximum Gasteiger partial charge on any atom is 0.267 e. The maximum absolute atomic E-state index is 14.4. The molecule has 0 aliphatic carbocycles. The normalized spacial score (nSPS) is 11.7. The fraction of sp³-hybridized carbons (Fsp3) is 0.150. The SMILES string of the molecule is Cc1noc(C)c1S(=O)(=O)Nc1cc(-n2c(C)nc3ccccc3c2=O)ccc1F. The van der Waals surface area contributed by atoms with Gasteiger partial charge in [-0.2, -0.15) is 0 Å². The van der Waals surface area contributed by atoms with E-state index >= 15 is 0 Å². The summed E-state index contributed by atoms with van der Waals surface area (Å²) in [7, 11) is -4.16. The summed E-state index contributed by atoms with van der Waals surface area (Å²) in [5.41, 5.74) is 0.310. The molecule has 2 heterocycles. The standard InChI is InChI=1S/C20H17FN4O4S/c1-11-19(12(2)29-23-11)30(27,28)24-18-10-14(8-9-16(18)21)25-13(3)22-17-7-5-4-6-15(17)20(25)26/h4-10,24H,1-3H3. The number of anilines is 1. The topological polar surface area (TPSA) is 107 Å². The Hall–Kier alpha value is -3.53. The molecule has 0 bridgehead atoms. The van der Waals surface area contributed by atoms with Crippen molar-refractivity contribution >= 4 is 26.6 Å². The minimum absolute atomic E-state index is 0.0855. The van der Waals surface area contributed by atoms with Crippen LogP contribution in [0.15, 0.2) is 56.7 Å². The molecule has 4 aromatic rings. The highest BCUT2D eigenvalue weighted by molar-refractivity contribution is 7.92. The van der Waals surface area contributed by atoms with Crippen molar-refractivity contribution in [1.82, 2.24) is 14.7 Å². The molecule has 8 nitrogen and oxygen atoms in total. The van der Waals surface area contributed by atoms with E-state index in [0.717, 1.165) is 6.07 Å². The predicted octanol–water partition coefficient (Wildman–Crippen LogP) is 3.24. The summed E-state index contributed by atoms with van der Waals surface area (Å²) in [5, 5.41) is 4.02. The van der Waals surface area contributed by atoms with E-state index in [4.69, 9.17) is 4.52 Å². The molecule has 0 unspecified atom stereocenters. The Morgan fingerprint density at radius 1 is 1.10 bits per heavy atom. The quantitative estimate of drug-likeness (QED) is 0.535. The summed E-state index contributed by atoms with van der Waals surface area (Å²) in [6.45, 7) is 4.57. The number of hydrogen-bond donors (Lipinski definition) is 1. The Balaban J connectivity index is 1.84. The second-order valence-corrected chi connectivity index (χ2v) is 8.36. The minimum atomic E-state index is -4.16. The monoisotopic (exact) mass is 428 g/mol. The highest BCUT2D eigenvalue weighted by Gasteiger charge is 2.25. The molecule has 2 aromatic carbocycles. The lowest BCUT2D eigenvalue weighted by Crippen LogP contribution is -2.22. The molecule has 0 aliphatic rings. The van der Waals surface area contributed by atoms with Crippen LogP contribution in [-0.2, 0) is 10.0 Å². The van der Waals surface area contributed by atoms with Crippen molar-refractivity contribution < 1.29 is 17.3 Å². The van der Waals surface area contributed by atoms with Crippen molar-refractivity contribution in [2.45, 2.75) is 25.7 Å². The lowest BCUT2D eigenvalue weighted by molar-refractivity contribution is 0.390. The second kappa shape index (κ2) is 7.06. The Morgan fingerprint density at radius 3 is 2.53 bits per heavy atom. The van der Waals surface area contributed by atoms with Crippen molar-refractivity contribution in [3.8, 4) is 5.69 Å². The van der Waals surface area contributed by atoms with Gasteiger partial charge in [-0.25, -0.2) is 17.8 Å². The molecule has 0 saturated heterocycles. The summed E-state index contributed by atoms with van der Waals surface area (Å²) < 4.78 is 48.4. The molecule has 4 rings (SSSR count). The number of sulfonamides is 1. The zero-order valence-corrected chi connectivity index (χ0v) is 17.1. The van der Waals surface area contributed by atoms with Crippen molar-refractivity contribution in [2.24, 2.45) is 0 Å². The van der Waals surface area contributed by atoms with Crippen LogP contribution in [0.25, 0.3) is 16.6 Å². The zero-order chi connectivity index (χ0) is 21.6. The van der Waals surface area contributed by atoms with E-state index in [1.165, 1.54) is 30.5 Å². The van der Waals surface area contributed by atoms with Gasteiger partial charge in [0.05, 0.1) is 22.3 Å². The van der Waals surface area contributed by atoms with E-state index in [9.17, 15) is 17.6 Å². The molecular weight excluding hydrogens is 411 g/mol. The van der Waals surface area contributed by atoms with Crippen LogP contribution >= 0.6 is 0 Å². The lowest BCUT2D eigenvalue weighted by Gasteiger charge is -2.14. The molecule has 0 amide bonds. The highest BCUT2D eigenvalue weighted by atomic mass is 32.2. The van der Waals surface area contributed by atoms with Gasteiger partial charge in [0.15, 0.2) is 10.7 Å². The fourth-order valence-corrected chi connectivity index (χ4v) is 4.72. The largest absolute Gasteiger partial charge is 0.360 e. The number of fused-ring (bicyclic) bond motifs is 1. The highest BCUT2D eigenvalue weighted by Crippen LogP contribution is 2.26. The molecule has 0 saturated carbocycles. The number of halogens is 1. The van der Waals surface area contributed by atoms with Gasteiger partial charge < -0.3 is 4.52 Å². The van der Waals surface area contributed by atoms with Gasteiger partial charge in [-0.05, 0) is 51.1 Å². The third-order valence-corrected chi connectivity index (χ3v) is 6.24. The molecule has 0 atom stereocenters. The third-order valence-electron chi connectivity index (χ3n) is 4.63. The molecule has 0 fully saturated rings. The molecule has 10 heteroatoms. The minimum Gasteiger partial charge on any atom is -0.360 e. The molecule has 1 N–H and O–H groups in total. The van der Waals surface area contributed by atoms with Crippen LogP contribution in [0.5, 0.6) is 0 Å². The van der Waals surface area contributed by atoms with Gasteiger partial charge >= 0.3 is 0 Å².